The summed E-state index contributed by atoms with van der Waals surface area (Å²) in [5.74, 6) is 0. The van der Waals surface area contributed by atoms with Gasteiger partial charge < -0.3 is 10.2 Å². The Morgan fingerprint density at radius 2 is 1.11 bits per heavy atom. The van der Waals surface area contributed by atoms with Crippen molar-refractivity contribution in [3.63, 3.8) is 0 Å². The van der Waals surface area contributed by atoms with Gasteiger partial charge in [0.2, 0.25) is 0 Å². The molecule has 0 rings (SSSR count). The van der Waals surface area contributed by atoms with Gasteiger partial charge in [0.15, 0.2) is 0 Å². The molecule has 58 valence electrons. The molecule has 0 amide bonds. The van der Waals surface area contributed by atoms with Crippen LogP contribution >= 0.6 is 7.26 Å². The van der Waals surface area contributed by atoms with Gasteiger partial charge in [0.1, 0.15) is 0 Å². The molecule has 9 heavy (non-hydrogen) atoms. The number of carboxylic acid groups (broad SMARTS) is 2. The molecule has 4 heteroatoms. The summed E-state index contributed by atoms with van der Waals surface area (Å²) in [7, 11) is -0.611. The minimum absolute atomic E-state index is 0.611. The van der Waals surface area contributed by atoms with E-state index in [1.165, 1.54) is 0 Å². The Hall–Kier alpha value is -0.300. The standard InChI is InChI=1S/C4H13P.CH2O3/c1-5(2,3)4;2-1(3)4/h5H,1-4H3;(H2,2,3,4). The Balaban J connectivity index is 0. The van der Waals surface area contributed by atoms with E-state index in [1.807, 2.05) is 0 Å². The minimum atomic E-state index is -1.83. The SMILES string of the molecule is C[PH](C)(C)C.O=C(O)O. The maximum atomic E-state index is 8.56. The van der Waals surface area contributed by atoms with E-state index in [-0.39, 0.29) is 0 Å². The molecule has 0 aromatic carbocycles. The molecular weight excluding hydrogens is 139 g/mol. The van der Waals surface area contributed by atoms with Crippen LogP contribution in [0.15, 0.2) is 0 Å². The smallest absolute Gasteiger partial charge is 0.450 e. The molecule has 3 nitrogen and oxygen atoms in total. The van der Waals surface area contributed by atoms with Gasteiger partial charge in [0.05, 0.1) is 0 Å². The number of hydrogen-bond donors (Lipinski definition) is 2. The van der Waals surface area contributed by atoms with Crippen LogP contribution in [-0.2, 0) is 0 Å². The van der Waals surface area contributed by atoms with Crippen molar-refractivity contribution in [2.75, 3.05) is 26.7 Å². The molecule has 0 aliphatic carbocycles. The molecule has 0 aromatic rings. The van der Waals surface area contributed by atoms with Crippen molar-refractivity contribution in [2.24, 2.45) is 0 Å². The fourth-order valence-electron chi connectivity index (χ4n) is 0. The molecule has 0 radical (unpaired) electrons. The maximum absolute atomic E-state index is 8.56. The van der Waals surface area contributed by atoms with E-state index in [1.54, 1.807) is 0 Å². The average Bonchev–Trinajstić information content (AvgIpc) is 1.19. The van der Waals surface area contributed by atoms with Gasteiger partial charge in [-0.2, -0.15) is 0 Å². The zero-order chi connectivity index (χ0) is 8.08. The van der Waals surface area contributed by atoms with E-state index in [2.05, 4.69) is 26.7 Å². The molecule has 0 aromatic heterocycles. The zero-order valence-corrected chi connectivity index (χ0v) is 7.30. The fraction of sp³-hybridized carbons (Fsp3) is 0.800. The maximum Gasteiger partial charge on any atom is 0.503 e. The Bertz CT molecular complexity index is 74.7. The summed E-state index contributed by atoms with van der Waals surface area (Å²) in [6.07, 6.45) is -1.83. The van der Waals surface area contributed by atoms with Gasteiger partial charge in [-0.1, -0.05) is 0 Å². The van der Waals surface area contributed by atoms with Gasteiger partial charge in [0.25, 0.3) is 0 Å². The second kappa shape index (κ2) is 4.57. The first kappa shape index (κ1) is 11.5. The third-order valence-corrected chi connectivity index (χ3v) is 0. The average molecular weight is 154 g/mol. The van der Waals surface area contributed by atoms with Gasteiger partial charge in [0, 0.05) is 0 Å². The van der Waals surface area contributed by atoms with Crippen molar-refractivity contribution < 1.29 is 15.0 Å². The van der Waals surface area contributed by atoms with Gasteiger partial charge in [-0.25, -0.2) is 4.79 Å². The Morgan fingerprint density at radius 3 is 1.11 bits per heavy atom. The van der Waals surface area contributed by atoms with Crippen molar-refractivity contribution in [1.82, 2.24) is 0 Å². The third kappa shape index (κ3) is 2780. The molecule has 0 bridgehead atoms. The Labute approximate surface area is 56.0 Å². The van der Waals surface area contributed by atoms with Gasteiger partial charge in [-0.3, -0.25) is 0 Å². The van der Waals surface area contributed by atoms with Crippen LogP contribution in [0, 0.1) is 0 Å². The van der Waals surface area contributed by atoms with Crippen LogP contribution in [0.1, 0.15) is 0 Å². The number of carbonyl (C=O) groups is 1. The summed E-state index contributed by atoms with van der Waals surface area (Å²) in [6, 6.07) is 0. The van der Waals surface area contributed by atoms with E-state index in [9.17, 15) is 0 Å². The molecule has 0 heterocycles. The Kier molecular flexibility index (Phi) is 5.83. The summed E-state index contributed by atoms with van der Waals surface area (Å²) in [5, 5.41) is 13.9. The molecule has 0 fully saturated rings. The van der Waals surface area contributed by atoms with Crippen LogP contribution in [0.4, 0.5) is 4.79 Å². The summed E-state index contributed by atoms with van der Waals surface area (Å²) >= 11 is 0. The van der Waals surface area contributed by atoms with Crippen LogP contribution in [0.5, 0.6) is 0 Å². The number of hydrogen-bond acceptors (Lipinski definition) is 1. The summed E-state index contributed by atoms with van der Waals surface area (Å²) in [6.45, 7) is 9.31. The van der Waals surface area contributed by atoms with Crippen LogP contribution in [0.25, 0.3) is 0 Å². The second-order valence-corrected chi connectivity index (χ2v) is 9.28. The van der Waals surface area contributed by atoms with Crippen LogP contribution < -0.4 is 0 Å². The zero-order valence-electron chi connectivity index (χ0n) is 6.30. The normalized spacial score (nSPS) is 11.1. The molecule has 0 saturated carbocycles. The van der Waals surface area contributed by atoms with Gasteiger partial charge >= 0.3 is 40.1 Å². The monoisotopic (exact) mass is 154 g/mol. The second-order valence-electron chi connectivity index (χ2n) is 3.28. The van der Waals surface area contributed by atoms with Crippen LogP contribution in [-0.4, -0.2) is 43.0 Å². The van der Waals surface area contributed by atoms with Crippen molar-refractivity contribution in [3.8, 4) is 0 Å². The van der Waals surface area contributed by atoms with E-state index in [0.29, 0.717) is 0 Å². The van der Waals surface area contributed by atoms with Crippen molar-refractivity contribution in [2.45, 2.75) is 0 Å². The summed E-state index contributed by atoms with van der Waals surface area (Å²) < 4.78 is 0. The van der Waals surface area contributed by atoms with Crippen molar-refractivity contribution in [1.29, 1.82) is 0 Å². The summed E-state index contributed by atoms with van der Waals surface area (Å²) in [4.78, 5) is 8.56. The predicted molar refractivity (Wildman–Crippen MR) is 42.7 cm³/mol. The van der Waals surface area contributed by atoms with E-state index >= 15 is 0 Å². The number of rotatable bonds is 0. The van der Waals surface area contributed by atoms with E-state index in [4.69, 9.17) is 15.0 Å². The third-order valence-electron chi connectivity index (χ3n) is 0. The Morgan fingerprint density at radius 1 is 1.11 bits per heavy atom. The van der Waals surface area contributed by atoms with Gasteiger partial charge in [-0.15, -0.1) is 0 Å². The molecule has 0 aliphatic heterocycles. The molecule has 0 atom stereocenters. The largest absolute Gasteiger partial charge is 0.503 e. The molecule has 2 N–H and O–H groups in total. The van der Waals surface area contributed by atoms with Gasteiger partial charge in [-0.05, 0) is 0 Å². The first-order valence-electron chi connectivity index (χ1n) is 2.65. The van der Waals surface area contributed by atoms with Crippen molar-refractivity contribution in [3.05, 3.63) is 0 Å². The van der Waals surface area contributed by atoms with E-state index < -0.39 is 13.4 Å². The quantitative estimate of drug-likeness (QED) is 0.519. The molecule has 0 aliphatic rings. The molecule has 0 spiro atoms. The van der Waals surface area contributed by atoms with Crippen LogP contribution in [0.3, 0.4) is 0 Å². The topological polar surface area (TPSA) is 57.5 Å². The van der Waals surface area contributed by atoms with E-state index in [0.717, 1.165) is 0 Å². The molecule has 0 saturated heterocycles. The predicted octanol–water partition coefficient (Wildman–Crippen LogP) is 1.48. The fourth-order valence-corrected chi connectivity index (χ4v) is 0. The first-order valence-corrected chi connectivity index (χ1v) is 6.65. The molecule has 0 unspecified atom stereocenters. The minimum Gasteiger partial charge on any atom is -0.450 e. The van der Waals surface area contributed by atoms with Crippen molar-refractivity contribution >= 4 is 13.4 Å². The molecular formula is C5H15O3P. The van der Waals surface area contributed by atoms with Crippen LogP contribution in [0.2, 0.25) is 0 Å². The summed E-state index contributed by atoms with van der Waals surface area (Å²) in [5.41, 5.74) is 0. The first-order chi connectivity index (χ1) is 3.73.